The van der Waals surface area contributed by atoms with Gasteiger partial charge in [-0.05, 0) is 89.2 Å². The highest BCUT2D eigenvalue weighted by atomic mass is 16.7. The van der Waals surface area contributed by atoms with E-state index in [2.05, 4.69) is 6.58 Å². The molecule has 0 aromatic carbocycles. The van der Waals surface area contributed by atoms with Crippen molar-refractivity contribution in [2.24, 2.45) is 21.7 Å². The molecule has 5 atom stereocenters. The van der Waals surface area contributed by atoms with E-state index in [4.69, 9.17) is 28.4 Å². The maximum absolute atomic E-state index is 13.2. The standard InChI is InChI=1S/C30H48O10/c1-14-15-16-35-22-21(40-26(34)30(11,12)13)20(39-25(33)29(8,9)10)19(38-24(32)28(5,6)7)18(37-22)17-36-23(31)27(2,3)4/h14-16,18-22H,1,17H2,2-13H3/b16-15+/t18-,19-,20+,21-,22-/m1/s1. The first-order valence-electron chi connectivity index (χ1n) is 13.4. The molecule has 0 aromatic rings. The van der Waals surface area contributed by atoms with Crippen LogP contribution in [-0.4, -0.2) is 61.2 Å². The van der Waals surface area contributed by atoms with Crippen LogP contribution in [0.15, 0.2) is 25.0 Å². The molecule has 0 N–H and O–H groups in total. The number of esters is 4. The largest absolute Gasteiger partial charge is 0.468 e. The van der Waals surface area contributed by atoms with Crippen LogP contribution in [0.3, 0.4) is 0 Å². The van der Waals surface area contributed by atoms with E-state index in [1.54, 1.807) is 83.1 Å². The zero-order valence-corrected chi connectivity index (χ0v) is 26.1. The monoisotopic (exact) mass is 568 g/mol. The summed E-state index contributed by atoms with van der Waals surface area (Å²) in [5, 5.41) is 0. The van der Waals surface area contributed by atoms with E-state index in [1.807, 2.05) is 0 Å². The van der Waals surface area contributed by atoms with E-state index in [0.29, 0.717) is 0 Å². The van der Waals surface area contributed by atoms with E-state index >= 15 is 0 Å². The summed E-state index contributed by atoms with van der Waals surface area (Å²) in [5.41, 5.74) is -3.65. The minimum absolute atomic E-state index is 0.354. The molecule has 1 rings (SSSR count). The highest BCUT2D eigenvalue weighted by Gasteiger charge is 2.55. The minimum Gasteiger partial charge on any atom is -0.468 e. The minimum atomic E-state index is -1.36. The van der Waals surface area contributed by atoms with Crippen LogP contribution in [0.25, 0.3) is 0 Å². The summed E-state index contributed by atoms with van der Waals surface area (Å²) in [5.74, 6) is -2.42. The van der Waals surface area contributed by atoms with Crippen molar-refractivity contribution in [3.05, 3.63) is 25.0 Å². The smallest absolute Gasteiger partial charge is 0.311 e. The summed E-state index contributed by atoms with van der Waals surface area (Å²) in [6.45, 7) is 23.3. The maximum atomic E-state index is 13.2. The van der Waals surface area contributed by atoms with Crippen LogP contribution < -0.4 is 0 Å². The normalized spacial score (nSPS) is 24.1. The van der Waals surface area contributed by atoms with Gasteiger partial charge in [0, 0.05) is 0 Å². The molecular formula is C30H48O10. The Bertz CT molecular complexity index is 953. The SMILES string of the molecule is C=C/C=C/O[C@@H]1O[C@H](COC(=O)C(C)(C)C)[C@@H](OC(=O)C(C)(C)C)[C@H](OC(=O)C(C)(C)C)[C@H]1OC(=O)C(C)(C)C. The molecule has 1 heterocycles. The van der Waals surface area contributed by atoms with E-state index in [9.17, 15) is 19.2 Å². The van der Waals surface area contributed by atoms with Crippen LogP contribution in [-0.2, 0) is 47.6 Å². The number of carbonyl (C=O) groups is 4. The number of carbonyl (C=O) groups excluding carboxylic acids is 4. The van der Waals surface area contributed by atoms with Crippen LogP contribution in [0.4, 0.5) is 0 Å². The van der Waals surface area contributed by atoms with Crippen molar-refractivity contribution in [2.45, 2.75) is 114 Å². The molecule has 0 unspecified atom stereocenters. The molecular weight excluding hydrogens is 520 g/mol. The third-order valence-corrected chi connectivity index (χ3v) is 5.58. The quantitative estimate of drug-likeness (QED) is 0.173. The van der Waals surface area contributed by atoms with Gasteiger partial charge in [-0.15, -0.1) is 0 Å². The topological polar surface area (TPSA) is 124 Å². The zero-order valence-electron chi connectivity index (χ0n) is 26.1. The number of hydrogen-bond donors (Lipinski definition) is 0. The van der Waals surface area contributed by atoms with Crippen molar-refractivity contribution in [3.63, 3.8) is 0 Å². The molecule has 0 aliphatic carbocycles. The molecule has 40 heavy (non-hydrogen) atoms. The Morgan fingerprint density at radius 1 is 0.650 bits per heavy atom. The number of rotatable bonds is 8. The van der Waals surface area contributed by atoms with Gasteiger partial charge in [-0.2, -0.15) is 0 Å². The molecule has 1 aliphatic heterocycles. The lowest BCUT2D eigenvalue weighted by atomic mass is 9.93. The van der Waals surface area contributed by atoms with Gasteiger partial charge in [-0.1, -0.05) is 12.7 Å². The van der Waals surface area contributed by atoms with Crippen molar-refractivity contribution in [3.8, 4) is 0 Å². The highest BCUT2D eigenvalue weighted by molar-refractivity contribution is 5.78. The molecule has 1 saturated heterocycles. The van der Waals surface area contributed by atoms with Crippen molar-refractivity contribution in [1.82, 2.24) is 0 Å². The summed E-state index contributed by atoms with van der Waals surface area (Å²) >= 11 is 0. The van der Waals surface area contributed by atoms with E-state index in [0.717, 1.165) is 0 Å². The van der Waals surface area contributed by atoms with Crippen molar-refractivity contribution in [1.29, 1.82) is 0 Å². The van der Waals surface area contributed by atoms with E-state index in [-0.39, 0.29) is 6.61 Å². The fourth-order valence-corrected chi connectivity index (χ4v) is 2.98. The lowest BCUT2D eigenvalue weighted by Gasteiger charge is -2.45. The van der Waals surface area contributed by atoms with Gasteiger partial charge in [0.15, 0.2) is 12.2 Å². The molecule has 10 nitrogen and oxygen atoms in total. The van der Waals surface area contributed by atoms with E-state index < -0.39 is 76.2 Å². The summed E-state index contributed by atoms with van der Waals surface area (Å²) in [6, 6.07) is 0. The van der Waals surface area contributed by atoms with Gasteiger partial charge in [0.2, 0.25) is 12.4 Å². The van der Waals surface area contributed by atoms with Crippen molar-refractivity contribution in [2.75, 3.05) is 6.61 Å². The first-order chi connectivity index (χ1) is 18.0. The Morgan fingerprint density at radius 2 is 1.05 bits per heavy atom. The number of allylic oxidation sites excluding steroid dienone is 2. The van der Waals surface area contributed by atoms with Gasteiger partial charge < -0.3 is 28.4 Å². The molecule has 228 valence electrons. The predicted molar refractivity (Wildman–Crippen MR) is 148 cm³/mol. The second-order valence-corrected chi connectivity index (χ2v) is 14.0. The summed E-state index contributed by atoms with van der Waals surface area (Å²) < 4.78 is 35.0. The molecule has 0 bridgehead atoms. The Morgan fingerprint density at radius 3 is 1.45 bits per heavy atom. The van der Waals surface area contributed by atoms with Crippen LogP contribution in [0.1, 0.15) is 83.1 Å². The van der Waals surface area contributed by atoms with Gasteiger partial charge in [0.25, 0.3) is 0 Å². The maximum Gasteiger partial charge on any atom is 0.311 e. The van der Waals surface area contributed by atoms with Gasteiger partial charge in [-0.3, -0.25) is 19.2 Å². The van der Waals surface area contributed by atoms with Gasteiger partial charge >= 0.3 is 23.9 Å². The third-order valence-electron chi connectivity index (χ3n) is 5.58. The first kappa shape index (κ1) is 35.1. The van der Waals surface area contributed by atoms with Crippen LogP contribution in [0.2, 0.25) is 0 Å². The lowest BCUT2D eigenvalue weighted by molar-refractivity contribution is -0.301. The van der Waals surface area contributed by atoms with Crippen molar-refractivity contribution >= 4 is 23.9 Å². The molecule has 10 heteroatoms. The average molecular weight is 569 g/mol. The number of hydrogen-bond acceptors (Lipinski definition) is 10. The van der Waals surface area contributed by atoms with E-state index in [1.165, 1.54) is 18.4 Å². The Labute approximate surface area is 238 Å². The Kier molecular flexibility index (Phi) is 11.6. The number of ether oxygens (including phenoxy) is 6. The second kappa shape index (κ2) is 13.2. The van der Waals surface area contributed by atoms with Crippen LogP contribution in [0.5, 0.6) is 0 Å². The summed E-state index contributed by atoms with van der Waals surface area (Å²) in [7, 11) is 0. The van der Waals surface area contributed by atoms with Crippen LogP contribution >= 0.6 is 0 Å². The van der Waals surface area contributed by atoms with Crippen LogP contribution in [0, 0.1) is 21.7 Å². The predicted octanol–water partition coefficient (Wildman–Crippen LogP) is 4.89. The average Bonchev–Trinajstić information content (AvgIpc) is 2.78. The third kappa shape index (κ3) is 10.3. The Hall–Kier alpha value is -2.88. The van der Waals surface area contributed by atoms with Crippen molar-refractivity contribution < 1.29 is 47.6 Å². The molecule has 0 spiro atoms. The molecule has 1 aliphatic rings. The highest BCUT2D eigenvalue weighted by Crippen LogP contribution is 2.34. The zero-order chi connectivity index (χ0) is 31.3. The fraction of sp³-hybridized carbons (Fsp3) is 0.733. The van der Waals surface area contributed by atoms with Gasteiger partial charge in [0.05, 0.1) is 27.9 Å². The van der Waals surface area contributed by atoms with Gasteiger partial charge in [-0.25, -0.2) is 0 Å². The molecule has 0 amide bonds. The summed E-state index contributed by atoms with van der Waals surface area (Å²) in [4.78, 5) is 51.9. The molecule has 0 radical (unpaired) electrons. The molecule has 0 saturated carbocycles. The lowest BCUT2D eigenvalue weighted by Crippen LogP contribution is -2.64. The molecule has 0 aromatic heterocycles. The first-order valence-corrected chi connectivity index (χ1v) is 13.4. The fourth-order valence-electron chi connectivity index (χ4n) is 2.98. The second-order valence-electron chi connectivity index (χ2n) is 14.0. The summed E-state index contributed by atoms with van der Waals surface area (Å²) in [6.07, 6.45) is -2.25. The molecule has 1 fully saturated rings. The van der Waals surface area contributed by atoms with Gasteiger partial charge in [0.1, 0.15) is 12.7 Å². The Balaban J connectivity index is 3.72.